The first-order valence-electron chi connectivity index (χ1n) is 18.5. The highest BCUT2D eigenvalue weighted by Crippen LogP contribution is 2.64. The van der Waals surface area contributed by atoms with Crippen LogP contribution < -0.4 is 0 Å². The Morgan fingerprint density at radius 1 is 0.407 bits per heavy atom. The highest BCUT2D eigenvalue weighted by molar-refractivity contribution is 6.11. The summed E-state index contributed by atoms with van der Waals surface area (Å²) in [6.45, 7) is 0. The van der Waals surface area contributed by atoms with E-state index >= 15 is 0 Å². The number of nitrogens with zero attached hydrogens (tertiary/aromatic N) is 2. The molecule has 0 saturated carbocycles. The van der Waals surface area contributed by atoms with Gasteiger partial charge in [-0.05, 0) is 84.6 Å². The minimum Gasteiger partial charge on any atom is -0.438 e. The topological polar surface area (TPSA) is 38.9 Å². The summed E-state index contributed by atoms with van der Waals surface area (Å²) in [5.74, 6) is 0.640. The van der Waals surface area contributed by atoms with Gasteiger partial charge < -0.3 is 4.42 Å². The van der Waals surface area contributed by atoms with Gasteiger partial charge in [0, 0.05) is 16.5 Å². The molecular weight excluding hydrogens is 657 g/mol. The summed E-state index contributed by atoms with van der Waals surface area (Å²) in [5, 5.41) is 4.48. The quantitative estimate of drug-likeness (QED) is 0.186. The Kier molecular flexibility index (Phi) is 5.98. The van der Waals surface area contributed by atoms with Crippen LogP contribution in [0.4, 0.5) is 0 Å². The number of fused-ring (bicyclic) bond motifs is 15. The van der Waals surface area contributed by atoms with Crippen LogP contribution in [0.25, 0.3) is 88.9 Å². The molecule has 0 saturated heterocycles. The van der Waals surface area contributed by atoms with Gasteiger partial charge in [-0.15, -0.1) is 0 Å². The lowest BCUT2D eigenvalue weighted by Crippen LogP contribution is -2.25. The van der Waals surface area contributed by atoms with E-state index in [0.29, 0.717) is 11.5 Å². The van der Waals surface area contributed by atoms with Crippen LogP contribution in [-0.2, 0) is 5.41 Å². The zero-order chi connectivity index (χ0) is 35.4. The Morgan fingerprint density at radius 2 is 1.07 bits per heavy atom. The fourth-order valence-electron chi connectivity index (χ4n) is 9.49. The molecule has 10 aromatic rings. The molecule has 3 nitrogen and oxygen atoms in total. The second kappa shape index (κ2) is 11.0. The first kappa shape index (κ1) is 29.5. The number of benzene rings is 8. The highest BCUT2D eigenvalue weighted by Gasteiger charge is 2.52. The Bertz CT molecular complexity index is 3180. The van der Waals surface area contributed by atoms with Gasteiger partial charge >= 0.3 is 0 Å². The van der Waals surface area contributed by atoms with Crippen LogP contribution in [0.2, 0.25) is 0 Å². The second-order valence-electron chi connectivity index (χ2n) is 14.4. The Labute approximate surface area is 311 Å². The fourth-order valence-corrected chi connectivity index (χ4v) is 9.49. The van der Waals surface area contributed by atoms with E-state index in [4.69, 9.17) is 14.4 Å². The molecule has 2 aromatic heterocycles. The molecule has 1 spiro atoms. The van der Waals surface area contributed by atoms with Crippen molar-refractivity contribution in [3.05, 3.63) is 204 Å². The van der Waals surface area contributed by atoms with E-state index in [-0.39, 0.29) is 0 Å². The first-order valence-corrected chi connectivity index (χ1v) is 18.5. The molecule has 54 heavy (non-hydrogen) atoms. The number of rotatable bonds is 3. The van der Waals surface area contributed by atoms with Crippen molar-refractivity contribution in [2.75, 3.05) is 0 Å². The molecule has 0 N–H and O–H groups in total. The Morgan fingerprint density at radius 3 is 1.96 bits per heavy atom. The Balaban J connectivity index is 1.10. The van der Waals surface area contributed by atoms with Crippen molar-refractivity contribution in [1.82, 2.24) is 9.97 Å². The number of para-hydroxylation sites is 1. The van der Waals surface area contributed by atoms with Gasteiger partial charge in [0.25, 0.3) is 0 Å². The Hall–Kier alpha value is -7.10. The number of furan rings is 1. The predicted octanol–water partition coefficient (Wildman–Crippen LogP) is 12.9. The highest BCUT2D eigenvalue weighted by atomic mass is 16.3. The van der Waals surface area contributed by atoms with E-state index < -0.39 is 5.41 Å². The minimum absolute atomic E-state index is 0.437. The third-order valence-electron chi connectivity index (χ3n) is 11.7. The molecule has 0 aliphatic heterocycles. The molecule has 0 bridgehead atoms. The zero-order valence-corrected chi connectivity index (χ0v) is 29.1. The summed E-state index contributed by atoms with van der Waals surface area (Å²) < 4.78 is 6.48. The van der Waals surface area contributed by atoms with Crippen LogP contribution in [0.1, 0.15) is 22.3 Å². The van der Waals surface area contributed by atoms with Gasteiger partial charge in [0.15, 0.2) is 5.82 Å². The van der Waals surface area contributed by atoms with Crippen LogP contribution >= 0.6 is 0 Å². The molecular formula is C51H30N2O. The van der Waals surface area contributed by atoms with Crippen LogP contribution in [-0.4, -0.2) is 9.97 Å². The third kappa shape index (κ3) is 3.90. The number of aromatic nitrogens is 2. The van der Waals surface area contributed by atoms with Gasteiger partial charge in [-0.3, -0.25) is 0 Å². The van der Waals surface area contributed by atoms with Crippen LogP contribution in [0.3, 0.4) is 0 Å². The van der Waals surface area contributed by atoms with Crippen molar-refractivity contribution in [3.8, 4) is 56.0 Å². The second-order valence-corrected chi connectivity index (χ2v) is 14.4. The SMILES string of the molecule is c1ccc(-c2cccc(-c3nc(-c4ccc5c(c4)-c4ccccc4C54c5ccccc5-c5c4ccc4ccccc54)nc4oc5ccccc5c34)c2)cc1. The van der Waals surface area contributed by atoms with Gasteiger partial charge in [-0.1, -0.05) is 164 Å². The van der Waals surface area contributed by atoms with Crippen molar-refractivity contribution in [1.29, 1.82) is 0 Å². The van der Waals surface area contributed by atoms with E-state index in [1.807, 2.05) is 24.3 Å². The van der Waals surface area contributed by atoms with Crippen molar-refractivity contribution < 1.29 is 4.42 Å². The predicted molar refractivity (Wildman–Crippen MR) is 219 cm³/mol. The number of hydrogen-bond donors (Lipinski definition) is 0. The average molecular weight is 687 g/mol. The standard InChI is InChI=1S/C51H30N2O/c1-2-13-31(14-3-1)33-16-12-17-34(29-33)48-47-39-21-8-11-24-45(39)54-50(47)53-49(52-48)35-26-27-43-40(30-35)37-19-6-9-22-41(37)51(43)42-23-10-7-20-38(42)46-36-18-5-4-15-32(36)25-28-44(46)51/h1-30H. The summed E-state index contributed by atoms with van der Waals surface area (Å²) >= 11 is 0. The number of hydrogen-bond acceptors (Lipinski definition) is 3. The van der Waals surface area contributed by atoms with Gasteiger partial charge in [-0.25, -0.2) is 4.98 Å². The van der Waals surface area contributed by atoms with E-state index in [9.17, 15) is 0 Å². The molecule has 2 aliphatic carbocycles. The molecule has 2 heterocycles. The first-order chi connectivity index (χ1) is 26.8. The molecule has 2 aliphatic rings. The van der Waals surface area contributed by atoms with Gasteiger partial charge in [-0.2, -0.15) is 4.98 Å². The molecule has 8 aromatic carbocycles. The van der Waals surface area contributed by atoms with E-state index in [2.05, 4.69) is 158 Å². The lowest BCUT2D eigenvalue weighted by molar-refractivity contribution is 0.653. The zero-order valence-electron chi connectivity index (χ0n) is 29.1. The maximum Gasteiger partial charge on any atom is 0.231 e. The van der Waals surface area contributed by atoms with Crippen LogP contribution in [0.5, 0.6) is 0 Å². The fraction of sp³-hybridized carbons (Fsp3) is 0.0196. The molecule has 3 heteroatoms. The van der Waals surface area contributed by atoms with Crippen LogP contribution in [0, 0.1) is 0 Å². The lowest BCUT2D eigenvalue weighted by Gasteiger charge is -2.30. The maximum absolute atomic E-state index is 6.48. The maximum atomic E-state index is 6.48. The summed E-state index contributed by atoms with van der Waals surface area (Å²) in [6.07, 6.45) is 0. The average Bonchev–Trinajstić information content (AvgIpc) is 3.87. The largest absolute Gasteiger partial charge is 0.438 e. The molecule has 1 unspecified atom stereocenters. The van der Waals surface area contributed by atoms with Gasteiger partial charge in [0.2, 0.25) is 5.71 Å². The minimum atomic E-state index is -0.437. The van der Waals surface area contributed by atoms with Crippen molar-refractivity contribution in [2.24, 2.45) is 0 Å². The van der Waals surface area contributed by atoms with E-state index in [1.54, 1.807) is 0 Å². The monoisotopic (exact) mass is 686 g/mol. The normalized spacial score (nSPS) is 15.1. The third-order valence-corrected chi connectivity index (χ3v) is 11.7. The summed E-state index contributed by atoms with van der Waals surface area (Å²) in [4.78, 5) is 10.6. The summed E-state index contributed by atoms with van der Waals surface area (Å²) in [6, 6.07) is 65.5. The molecule has 12 rings (SSSR count). The van der Waals surface area contributed by atoms with Gasteiger partial charge in [0.05, 0.1) is 16.5 Å². The summed E-state index contributed by atoms with van der Waals surface area (Å²) in [5.41, 5.74) is 16.4. The van der Waals surface area contributed by atoms with Crippen molar-refractivity contribution in [2.45, 2.75) is 5.41 Å². The van der Waals surface area contributed by atoms with Crippen LogP contribution in [0.15, 0.2) is 186 Å². The molecule has 0 radical (unpaired) electrons. The molecule has 0 fully saturated rings. The molecule has 0 amide bonds. The van der Waals surface area contributed by atoms with E-state index in [0.717, 1.165) is 44.3 Å². The smallest absolute Gasteiger partial charge is 0.231 e. The molecule has 250 valence electrons. The van der Waals surface area contributed by atoms with E-state index in [1.165, 1.54) is 55.3 Å². The van der Waals surface area contributed by atoms with Gasteiger partial charge in [0.1, 0.15) is 5.58 Å². The molecule has 1 atom stereocenters. The van der Waals surface area contributed by atoms with Crippen molar-refractivity contribution >= 4 is 32.8 Å². The van der Waals surface area contributed by atoms with Crippen molar-refractivity contribution in [3.63, 3.8) is 0 Å². The summed E-state index contributed by atoms with van der Waals surface area (Å²) in [7, 11) is 0. The lowest BCUT2D eigenvalue weighted by atomic mass is 9.70.